The fourth-order valence-corrected chi connectivity index (χ4v) is 3.37. The van der Waals surface area contributed by atoms with Gasteiger partial charge < -0.3 is 10.1 Å². The van der Waals surface area contributed by atoms with E-state index in [4.69, 9.17) is 4.74 Å². The summed E-state index contributed by atoms with van der Waals surface area (Å²) in [5.41, 5.74) is 1.45. The first-order valence-corrected chi connectivity index (χ1v) is 9.14. The number of nitrogens with zero attached hydrogens (tertiary/aromatic N) is 1. The van der Waals surface area contributed by atoms with Crippen LogP contribution < -0.4 is 10.1 Å². The summed E-state index contributed by atoms with van der Waals surface area (Å²) < 4.78 is 18.3. The van der Waals surface area contributed by atoms with Crippen molar-refractivity contribution in [3.05, 3.63) is 71.1 Å². The molecule has 1 N–H and O–H groups in total. The van der Waals surface area contributed by atoms with Crippen LogP contribution in [0.25, 0.3) is 10.4 Å². The van der Waals surface area contributed by atoms with Crippen LogP contribution in [0, 0.1) is 12.7 Å². The predicted octanol–water partition coefficient (Wildman–Crippen LogP) is 4.46. The summed E-state index contributed by atoms with van der Waals surface area (Å²) in [6.45, 7) is 2.81. The van der Waals surface area contributed by atoms with Gasteiger partial charge in [0.2, 0.25) is 0 Å². The first-order chi connectivity index (χ1) is 12.6. The lowest BCUT2D eigenvalue weighted by Crippen LogP contribution is -2.26. The molecule has 0 bridgehead atoms. The summed E-state index contributed by atoms with van der Waals surface area (Å²) in [6, 6.07) is 15.6. The molecular formula is C20H19FN2O2S. The number of rotatable bonds is 7. The Balaban J connectivity index is 1.52. The number of aromatic nitrogens is 1. The largest absolute Gasteiger partial charge is 0.494 e. The van der Waals surface area contributed by atoms with Gasteiger partial charge in [-0.2, -0.15) is 0 Å². The van der Waals surface area contributed by atoms with E-state index in [9.17, 15) is 9.18 Å². The number of thiazole rings is 1. The lowest BCUT2D eigenvalue weighted by Gasteiger charge is -2.07. The van der Waals surface area contributed by atoms with Gasteiger partial charge in [-0.05, 0) is 43.2 Å². The van der Waals surface area contributed by atoms with Gasteiger partial charge in [0, 0.05) is 6.54 Å². The molecule has 26 heavy (non-hydrogen) atoms. The molecule has 1 aromatic heterocycles. The molecular weight excluding hydrogens is 351 g/mol. The highest BCUT2D eigenvalue weighted by molar-refractivity contribution is 7.15. The van der Waals surface area contributed by atoms with Crippen molar-refractivity contribution < 1.29 is 13.9 Å². The maximum absolute atomic E-state index is 12.8. The van der Waals surface area contributed by atoms with E-state index in [1.807, 2.05) is 37.3 Å². The molecule has 1 heterocycles. The van der Waals surface area contributed by atoms with Gasteiger partial charge in [-0.15, -0.1) is 11.3 Å². The summed E-state index contributed by atoms with van der Waals surface area (Å²) in [7, 11) is 0. The minimum atomic E-state index is -0.294. The monoisotopic (exact) mass is 370 g/mol. The van der Waals surface area contributed by atoms with Crippen LogP contribution in [0.4, 0.5) is 4.39 Å². The van der Waals surface area contributed by atoms with Gasteiger partial charge in [-0.25, -0.2) is 9.37 Å². The maximum atomic E-state index is 12.8. The summed E-state index contributed by atoms with van der Waals surface area (Å²) >= 11 is 1.51. The Bertz CT molecular complexity index is 863. The van der Waals surface area contributed by atoms with Crippen molar-refractivity contribution in [3.63, 3.8) is 0 Å². The summed E-state index contributed by atoms with van der Waals surface area (Å²) in [6.07, 6.45) is 0.646. The van der Waals surface area contributed by atoms with E-state index in [-0.39, 0.29) is 11.7 Å². The van der Waals surface area contributed by atoms with Gasteiger partial charge in [0.25, 0.3) is 5.91 Å². The van der Waals surface area contributed by atoms with E-state index in [0.29, 0.717) is 31.0 Å². The third-order valence-electron chi connectivity index (χ3n) is 3.67. The molecule has 0 fully saturated rings. The van der Waals surface area contributed by atoms with Crippen molar-refractivity contribution in [2.75, 3.05) is 13.2 Å². The molecule has 0 unspecified atom stereocenters. The second-order valence-electron chi connectivity index (χ2n) is 5.69. The van der Waals surface area contributed by atoms with E-state index in [0.717, 1.165) is 15.4 Å². The second kappa shape index (κ2) is 8.58. The first kappa shape index (κ1) is 18.1. The van der Waals surface area contributed by atoms with Crippen LogP contribution in [0.3, 0.4) is 0 Å². The van der Waals surface area contributed by atoms with Crippen molar-refractivity contribution in [1.29, 1.82) is 0 Å². The van der Waals surface area contributed by atoms with E-state index in [1.165, 1.54) is 23.5 Å². The molecule has 0 atom stereocenters. The fourth-order valence-electron chi connectivity index (χ4n) is 2.44. The third-order valence-corrected chi connectivity index (χ3v) is 4.69. The molecule has 6 heteroatoms. The molecule has 1 amide bonds. The zero-order chi connectivity index (χ0) is 18.4. The number of hydrogen-bond acceptors (Lipinski definition) is 4. The molecule has 134 valence electrons. The minimum absolute atomic E-state index is 0.185. The average Bonchev–Trinajstić information content (AvgIpc) is 3.05. The molecule has 3 aromatic rings. The van der Waals surface area contributed by atoms with Crippen molar-refractivity contribution in [3.8, 4) is 16.2 Å². The second-order valence-corrected chi connectivity index (χ2v) is 6.89. The van der Waals surface area contributed by atoms with Gasteiger partial charge in [-0.1, -0.05) is 30.3 Å². The third kappa shape index (κ3) is 4.67. The molecule has 0 aliphatic rings. The Hall–Kier alpha value is -2.73. The Morgan fingerprint density at radius 2 is 1.88 bits per heavy atom. The van der Waals surface area contributed by atoms with Crippen LogP contribution >= 0.6 is 11.3 Å². The lowest BCUT2D eigenvalue weighted by molar-refractivity contribution is 0.0947. The SMILES string of the molecule is Cc1nc(C(=O)NCCCOc2ccc(F)cc2)c(-c2ccccc2)s1. The Labute approximate surface area is 155 Å². The van der Waals surface area contributed by atoms with Gasteiger partial charge in [0.1, 0.15) is 17.3 Å². The van der Waals surface area contributed by atoms with Gasteiger partial charge in [-0.3, -0.25) is 4.79 Å². The Morgan fingerprint density at radius 1 is 1.15 bits per heavy atom. The number of carbonyl (C=O) groups excluding carboxylic acids is 1. The quantitative estimate of drug-likeness (QED) is 0.625. The smallest absolute Gasteiger partial charge is 0.271 e. The van der Waals surface area contributed by atoms with E-state index < -0.39 is 0 Å². The average molecular weight is 370 g/mol. The van der Waals surface area contributed by atoms with Crippen molar-refractivity contribution in [2.45, 2.75) is 13.3 Å². The topological polar surface area (TPSA) is 51.2 Å². The highest BCUT2D eigenvalue weighted by Crippen LogP contribution is 2.29. The first-order valence-electron chi connectivity index (χ1n) is 8.33. The molecule has 0 spiro atoms. The predicted molar refractivity (Wildman–Crippen MR) is 101 cm³/mol. The van der Waals surface area contributed by atoms with Gasteiger partial charge in [0.15, 0.2) is 0 Å². The molecule has 0 aliphatic heterocycles. The minimum Gasteiger partial charge on any atom is -0.494 e. The normalized spacial score (nSPS) is 10.5. The molecule has 0 saturated heterocycles. The van der Waals surface area contributed by atoms with Crippen molar-refractivity contribution >= 4 is 17.2 Å². The fraction of sp³-hybridized carbons (Fsp3) is 0.200. The highest BCUT2D eigenvalue weighted by Gasteiger charge is 2.17. The Kier molecular flexibility index (Phi) is 5.96. The molecule has 4 nitrogen and oxygen atoms in total. The zero-order valence-electron chi connectivity index (χ0n) is 14.4. The molecule has 2 aromatic carbocycles. The van der Waals surface area contributed by atoms with Crippen LogP contribution in [0.2, 0.25) is 0 Å². The van der Waals surface area contributed by atoms with Crippen molar-refractivity contribution in [2.24, 2.45) is 0 Å². The highest BCUT2D eigenvalue weighted by atomic mass is 32.1. The van der Waals surface area contributed by atoms with Crippen LogP contribution in [0.5, 0.6) is 5.75 Å². The molecule has 0 saturated carbocycles. The number of aryl methyl sites for hydroxylation is 1. The zero-order valence-corrected chi connectivity index (χ0v) is 15.2. The van der Waals surface area contributed by atoms with Crippen LogP contribution in [0.1, 0.15) is 21.9 Å². The maximum Gasteiger partial charge on any atom is 0.271 e. The van der Waals surface area contributed by atoms with Crippen molar-refractivity contribution in [1.82, 2.24) is 10.3 Å². The van der Waals surface area contributed by atoms with Crippen LogP contribution in [-0.2, 0) is 0 Å². The lowest BCUT2D eigenvalue weighted by atomic mass is 10.1. The summed E-state index contributed by atoms with van der Waals surface area (Å²) in [5, 5.41) is 3.74. The van der Waals surface area contributed by atoms with Crippen LogP contribution in [0.15, 0.2) is 54.6 Å². The number of halogens is 1. The van der Waals surface area contributed by atoms with Gasteiger partial charge in [0.05, 0.1) is 16.5 Å². The van der Waals surface area contributed by atoms with Crippen LogP contribution in [-0.4, -0.2) is 24.0 Å². The van der Waals surface area contributed by atoms with E-state index in [1.54, 1.807) is 12.1 Å². The van der Waals surface area contributed by atoms with E-state index >= 15 is 0 Å². The number of benzene rings is 2. The van der Waals surface area contributed by atoms with Gasteiger partial charge >= 0.3 is 0 Å². The molecule has 3 rings (SSSR count). The number of amides is 1. The number of nitrogens with one attached hydrogen (secondary N) is 1. The summed E-state index contributed by atoms with van der Waals surface area (Å²) in [4.78, 5) is 17.7. The molecule has 0 radical (unpaired) electrons. The Morgan fingerprint density at radius 3 is 2.62 bits per heavy atom. The summed E-state index contributed by atoms with van der Waals surface area (Å²) in [5.74, 6) is 0.131. The number of hydrogen-bond donors (Lipinski definition) is 1. The molecule has 0 aliphatic carbocycles. The number of ether oxygens (including phenoxy) is 1. The number of carbonyl (C=O) groups is 1. The van der Waals surface area contributed by atoms with E-state index in [2.05, 4.69) is 10.3 Å². The standard InChI is InChI=1S/C20H19FN2O2S/c1-14-23-18(19(26-14)15-6-3-2-4-7-15)20(24)22-12-5-13-25-17-10-8-16(21)9-11-17/h2-4,6-11H,5,12-13H2,1H3,(H,22,24).